The van der Waals surface area contributed by atoms with Gasteiger partial charge in [0.1, 0.15) is 17.2 Å². The van der Waals surface area contributed by atoms with Crippen molar-refractivity contribution < 1.29 is 9.53 Å². The normalized spacial score (nSPS) is 10.4. The average Bonchev–Trinajstić information content (AvgIpc) is 2.74. The van der Waals surface area contributed by atoms with Gasteiger partial charge in [0.25, 0.3) is 5.91 Å². The van der Waals surface area contributed by atoms with Gasteiger partial charge in [-0.25, -0.2) is 4.98 Å². The predicted molar refractivity (Wildman–Crippen MR) is 113 cm³/mol. The second-order valence-corrected chi connectivity index (χ2v) is 6.57. The minimum absolute atomic E-state index is 0.237. The number of carbonyl (C=O) groups is 1. The lowest BCUT2D eigenvalue weighted by molar-refractivity contribution is 0.102. The van der Waals surface area contributed by atoms with Crippen molar-refractivity contribution in [3.63, 3.8) is 0 Å². The molecule has 144 valence electrons. The molecule has 1 amide bonds. The van der Waals surface area contributed by atoms with Gasteiger partial charge in [0.2, 0.25) is 0 Å². The van der Waals surface area contributed by atoms with Crippen LogP contribution in [0.3, 0.4) is 0 Å². The van der Waals surface area contributed by atoms with Gasteiger partial charge in [-0.05, 0) is 55.0 Å². The van der Waals surface area contributed by atoms with Gasteiger partial charge in [-0.15, -0.1) is 0 Å². The van der Waals surface area contributed by atoms with Crippen molar-refractivity contribution in [2.45, 2.75) is 19.8 Å². The predicted octanol–water partition coefficient (Wildman–Crippen LogP) is 5.36. The first-order valence-corrected chi connectivity index (χ1v) is 9.47. The Morgan fingerprint density at radius 3 is 2.36 bits per heavy atom. The SMILES string of the molecule is CCCCN(C)c1ccc(C(=O)Nc2ccc(Oc3ccccc3)cc2)nc1. The first kappa shape index (κ1) is 19.4. The van der Waals surface area contributed by atoms with E-state index in [1.165, 1.54) is 0 Å². The van der Waals surface area contributed by atoms with Crippen molar-refractivity contribution in [3.05, 3.63) is 78.6 Å². The van der Waals surface area contributed by atoms with Crippen molar-refractivity contribution in [3.8, 4) is 11.5 Å². The molecule has 3 rings (SSSR count). The van der Waals surface area contributed by atoms with Gasteiger partial charge in [0.05, 0.1) is 11.9 Å². The van der Waals surface area contributed by atoms with Crippen LogP contribution in [0, 0.1) is 0 Å². The van der Waals surface area contributed by atoms with Crippen LogP contribution in [-0.4, -0.2) is 24.5 Å². The van der Waals surface area contributed by atoms with Crippen molar-refractivity contribution >= 4 is 17.3 Å². The topological polar surface area (TPSA) is 54.5 Å². The number of hydrogen-bond acceptors (Lipinski definition) is 4. The van der Waals surface area contributed by atoms with E-state index in [0.29, 0.717) is 17.1 Å². The van der Waals surface area contributed by atoms with E-state index >= 15 is 0 Å². The Bertz CT molecular complexity index is 878. The van der Waals surface area contributed by atoms with Gasteiger partial charge in [0, 0.05) is 19.3 Å². The van der Waals surface area contributed by atoms with Gasteiger partial charge >= 0.3 is 0 Å². The van der Waals surface area contributed by atoms with Crippen LogP contribution in [0.5, 0.6) is 11.5 Å². The molecule has 0 unspecified atom stereocenters. The summed E-state index contributed by atoms with van der Waals surface area (Å²) in [7, 11) is 2.03. The number of nitrogens with one attached hydrogen (secondary N) is 1. The molecule has 1 aromatic heterocycles. The highest BCUT2D eigenvalue weighted by Crippen LogP contribution is 2.23. The van der Waals surface area contributed by atoms with Gasteiger partial charge in [-0.2, -0.15) is 0 Å². The molecule has 0 radical (unpaired) electrons. The number of unbranched alkanes of at least 4 members (excludes halogenated alkanes) is 1. The summed E-state index contributed by atoms with van der Waals surface area (Å²) in [6.07, 6.45) is 4.01. The van der Waals surface area contributed by atoms with Crippen LogP contribution in [-0.2, 0) is 0 Å². The number of para-hydroxylation sites is 1. The van der Waals surface area contributed by atoms with E-state index in [4.69, 9.17) is 4.74 Å². The summed E-state index contributed by atoms with van der Waals surface area (Å²) in [4.78, 5) is 18.9. The smallest absolute Gasteiger partial charge is 0.274 e. The zero-order valence-electron chi connectivity index (χ0n) is 16.3. The molecule has 0 aliphatic carbocycles. The Labute approximate surface area is 166 Å². The number of aromatic nitrogens is 1. The molecule has 2 aromatic carbocycles. The van der Waals surface area contributed by atoms with Crippen LogP contribution in [0.4, 0.5) is 11.4 Å². The number of amides is 1. The number of anilines is 2. The number of nitrogens with zero attached hydrogens (tertiary/aromatic N) is 2. The van der Waals surface area contributed by atoms with Gasteiger partial charge < -0.3 is 15.0 Å². The largest absolute Gasteiger partial charge is 0.457 e. The van der Waals surface area contributed by atoms with Crippen molar-refractivity contribution in [2.24, 2.45) is 0 Å². The van der Waals surface area contributed by atoms with Crippen LogP contribution in [0.15, 0.2) is 72.9 Å². The Kier molecular flexibility index (Phi) is 6.63. The lowest BCUT2D eigenvalue weighted by Crippen LogP contribution is -2.19. The summed E-state index contributed by atoms with van der Waals surface area (Å²) in [5.41, 5.74) is 2.08. The highest BCUT2D eigenvalue weighted by atomic mass is 16.5. The highest BCUT2D eigenvalue weighted by molar-refractivity contribution is 6.02. The fourth-order valence-electron chi connectivity index (χ4n) is 2.70. The number of carbonyl (C=O) groups excluding carboxylic acids is 1. The van der Waals surface area contributed by atoms with Gasteiger partial charge in [0.15, 0.2) is 0 Å². The Morgan fingerprint density at radius 1 is 1.00 bits per heavy atom. The second-order valence-electron chi connectivity index (χ2n) is 6.57. The standard InChI is InChI=1S/C23H25N3O2/c1-3-4-16-26(2)19-12-15-22(24-17-19)23(27)25-18-10-13-21(14-11-18)28-20-8-6-5-7-9-20/h5-15,17H,3-4,16H2,1-2H3,(H,25,27). The van der Waals surface area contributed by atoms with Crippen LogP contribution in [0.25, 0.3) is 0 Å². The van der Waals surface area contributed by atoms with Crippen LogP contribution in [0.2, 0.25) is 0 Å². The molecule has 5 nitrogen and oxygen atoms in total. The molecule has 28 heavy (non-hydrogen) atoms. The monoisotopic (exact) mass is 375 g/mol. The Hall–Kier alpha value is -3.34. The van der Waals surface area contributed by atoms with E-state index in [1.54, 1.807) is 12.3 Å². The van der Waals surface area contributed by atoms with Gasteiger partial charge in [-0.3, -0.25) is 4.79 Å². The van der Waals surface area contributed by atoms with E-state index in [9.17, 15) is 4.79 Å². The summed E-state index contributed by atoms with van der Waals surface area (Å²) in [5, 5.41) is 2.86. The van der Waals surface area contributed by atoms with Crippen LogP contribution >= 0.6 is 0 Å². The second kappa shape index (κ2) is 9.55. The molecule has 1 N–H and O–H groups in total. The quantitative estimate of drug-likeness (QED) is 0.576. The van der Waals surface area contributed by atoms with Gasteiger partial charge in [-0.1, -0.05) is 31.5 Å². The zero-order valence-corrected chi connectivity index (χ0v) is 16.3. The van der Waals surface area contributed by atoms with Crippen molar-refractivity contribution in [2.75, 3.05) is 23.8 Å². The van der Waals surface area contributed by atoms with Crippen LogP contribution < -0.4 is 15.0 Å². The zero-order chi connectivity index (χ0) is 19.8. The molecular formula is C23H25N3O2. The molecule has 0 saturated carbocycles. The third-order valence-corrected chi connectivity index (χ3v) is 4.36. The number of pyridine rings is 1. The molecule has 3 aromatic rings. The van der Waals surface area contributed by atoms with E-state index in [0.717, 1.165) is 30.8 Å². The number of benzene rings is 2. The maximum atomic E-state index is 12.4. The fourth-order valence-corrected chi connectivity index (χ4v) is 2.70. The molecule has 0 spiro atoms. The van der Waals surface area contributed by atoms with E-state index in [-0.39, 0.29) is 5.91 Å². The maximum absolute atomic E-state index is 12.4. The van der Waals surface area contributed by atoms with Crippen molar-refractivity contribution in [1.82, 2.24) is 4.98 Å². The molecule has 5 heteroatoms. The van der Waals surface area contributed by atoms with Crippen molar-refractivity contribution in [1.29, 1.82) is 0 Å². The van der Waals surface area contributed by atoms with E-state index in [2.05, 4.69) is 22.1 Å². The minimum atomic E-state index is -0.237. The fraction of sp³-hybridized carbons (Fsp3) is 0.217. The summed E-state index contributed by atoms with van der Waals surface area (Å²) >= 11 is 0. The maximum Gasteiger partial charge on any atom is 0.274 e. The molecule has 0 atom stereocenters. The number of ether oxygens (including phenoxy) is 1. The summed E-state index contributed by atoms with van der Waals surface area (Å²) in [6, 6.07) is 20.5. The molecule has 0 fully saturated rings. The Morgan fingerprint density at radius 2 is 1.71 bits per heavy atom. The molecular weight excluding hydrogens is 350 g/mol. The minimum Gasteiger partial charge on any atom is -0.457 e. The lowest BCUT2D eigenvalue weighted by Gasteiger charge is -2.18. The highest BCUT2D eigenvalue weighted by Gasteiger charge is 2.09. The molecule has 0 saturated heterocycles. The molecule has 0 aliphatic rings. The first-order valence-electron chi connectivity index (χ1n) is 9.47. The summed E-state index contributed by atoms with van der Waals surface area (Å²) in [5.74, 6) is 1.24. The van der Waals surface area contributed by atoms with E-state index < -0.39 is 0 Å². The lowest BCUT2D eigenvalue weighted by atomic mass is 10.2. The third-order valence-electron chi connectivity index (χ3n) is 4.36. The third kappa shape index (κ3) is 5.33. The molecule has 1 heterocycles. The average molecular weight is 375 g/mol. The number of hydrogen-bond donors (Lipinski definition) is 1. The van der Waals surface area contributed by atoms with E-state index in [1.807, 2.05) is 67.7 Å². The number of rotatable bonds is 8. The first-order chi connectivity index (χ1) is 13.7. The summed E-state index contributed by atoms with van der Waals surface area (Å²) in [6.45, 7) is 3.14. The van der Waals surface area contributed by atoms with Crippen LogP contribution in [0.1, 0.15) is 30.3 Å². The Balaban J connectivity index is 1.58. The molecule has 0 bridgehead atoms. The molecule has 0 aliphatic heterocycles. The summed E-state index contributed by atoms with van der Waals surface area (Å²) < 4.78 is 5.76.